The van der Waals surface area contributed by atoms with Crippen molar-refractivity contribution < 1.29 is 4.79 Å². The van der Waals surface area contributed by atoms with Crippen molar-refractivity contribution in [1.82, 2.24) is 9.55 Å². The molecule has 5 heteroatoms. The number of hydrogen-bond acceptors (Lipinski definition) is 4. The van der Waals surface area contributed by atoms with Crippen LogP contribution < -0.4 is 5.56 Å². The molecule has 0 spiro atoms. The van der Waals surface area contributed by atoms with Crippen LogP contribution in [0.3, 0.4) is 0 Å². The molecule has 1 aromatic carbocycles. The van der Waals surface area contributed by atoms with Gasteiger partial charge in [-0.15, -0.1) is 11.3 Å². The first-order valence-electron chi connectivity index (χ1n) is 9.42. The summed E-state index contributed by atoms with van der Waals surface area (Å²) in [5, 5.41) is 0.728. The maximum atomic E-state index is 13.1. The van der Waals surface area contributed by atoms with Crippen LogP contribution in [-0.2, 0) is 19.4 Å². The first-order chi connectivity index (χ1) is 12.8. The third-order valence-corrected chi connectivity index (χ3v) is 6.83. The zero-order valence-corrected chi connectivity index (χ0v) is 16.8. The SMILES string of the molecule is CC(C)(C)C1CCc2c(sc3ncn(CC(=O)c4ccccc4)c(=O)c23)C1. The van der Waals surface area contributed by atoms with Gasteiger partial charge in [-0.25, -0.2) is 4.98 Å². The summed E-state index contributed by atoms with van der Waals surface area (Å²) < 4.78 is 1.46. The number of fused-ring (bicyclic) bond motifs is 3. The summed E-state index contributed by atoms with van der Waals surface area (Å²) >= 11 is 1.65. The van der Waals surface area contributed by atoms with Crippen LogP contribution in [0.1, 0.15) is 48.0 Å². The number of aryl methyl sites for hydroxylation is 1. The highest BCUT2D eigenvalue weighted by molar-refractivity contribution is 7.18. The molecule has 0 radical (unpaired) electrons. The lowest BCUT2D eigenvalue weighted by molar-refractivity contribution is 0.0970. The minimum Gasteiger partial charge on any atom is -0.292 e. The number of carbonyl (C=O) groups is 1. The monoisotopic (exact) mass is 380 g/mol. The Morgan fingerprint density at radius 2 is 2.00 bits per heavy atom. The van der Waals surface area contributed by atoms with E-state index in [0.29, 0.717) is 11.5 Å². The fraction of sp³-hybridized carbons (Fsp3) is 0.409. The van der Waals surface area contributed by atoms with Gasteiger partial charge in [-0.1, -0.05) is 51.1 Å². The molecule has 1 unspecified atom stereocenters. The summed E-state index contributed by atoms with van der Waals surface area (Å²) in [7, 11) is 0. The van der Waals surface area contributed by atoms with Gasteiger partial charge in [0.05, 0.1) is 18.3 Å². The minimum absolute atomic E-state index is 0.0288. The minimum atomic E-state index is -0.0870. The van der Waals surface area contributed by atoms with E-state index < -0.39 is 0 Å². The molecule has 0 bridgehead atoms. The fourth-order valence-corrected chi connectivity index (χ4v) is 5.18. The first-order valence-corrected chi connectivity index (χ1v) is 10.2. The highest BCUT2D eigenvalue weighted by atomic mass is 32.1. The van der Waals surface area contributed by atoms with Gasteiger partial charge in [0.15, 0.2) is 5.78 Å². The molecule has 0 aliphatic heterocycles. The summed E-state index contributed by atoms with van der Waals surface area (Å²) in [6.07, 6.45) is 4.56. The molecular formula is C22H24N2O2S. The van der Waals surface area contributed by atoms with Crippen LogP contribution >= 0.6 is 11.3 Å². The maximum Gasteiger partial charge on any atom is 0.262 e. The van der Waals surface area contributed by atoms with E-state index >= 15 is 0 Å². The Balaban J connectivity index is 1.69. The lowest BCUT2D eigenvalue weighted by Gasteiger charge is -2.33. The summed E-state index contributed by atoms with van der Waals surface area (Å²) in [4.78, 5) is 32.2. The van der Waals surface area contributed by atoms with Crippen LogP contribution in [0.2, 0.25) is 0 Å². The molecule has 4 nitrogen and oxygen atoms in total. The summed E-state index contributed by atoms with van der Waals surface area (Å²) in [6.45, 7) is 6.89. The Bertz CT molecular complexity index is 1060. The molecule has 1 atom stereocenters. The van der Waals surface area contributed by atoms with E-state index in [4.69, 9.17) is 0 Å². The molecule has 0 fully saturated rings. The molecule has 2 aromatic heterocycles. The number of hydrogen-bond donors (Lipinski definition) is 0. The number of carbonyl (C=O) groups excluding carboxylic acids is 1. The Morgan fingerprint density at radius 3 is 2.70 bits per heavy atom. The van der Waals surface area contributed by atoms with E-state index in [0.717, 1.165) is 35.0 Å². The molecular weight excluding hydrogens is 356 g/mol. The second-order valence-electron chi connectivity index (χ2n) is 8.46. The molecule has 0 N–H and O–H groups in total. The van der Waals surface area contributed by atoms with Crippen LogP contribution in [0.4, 0.5) is 0 Å². The zero-order chi connectivity index (χ0) is 19.2. The van der Waals surface area contributed by atoms with Gasteiger partial charge in [0.1, 0.15) is 4.83 Å². The predicted octanol–water partition coefficient (Wildman–Crippen LogP) is 4.49. The highest BCUT2D eigenvalue weighted by Gasteiger charge is 2.31. The van der Waals surface area contributed by atoms with Crippen LogP contribution in [0, 0.1) is 11.3 Å². The average Bonchev–Trinajstić information content (AvgIpc) is 3.02. The lowest BCUT2D eigenvalue weighted by Crippen LogP contribution is -2.27. The molecule has 4 rings (SSSR count). The number of rotatable bonds is 3. The lowest BCUT2D eigenvalue weighted by atomic mass is 9.72. The molecule has 27 heavy (non-hydrogen) atoms. The molecule has 0 saturated carbocycles. The summed E-state index contributed by atoms with van der Waals surface area (Å²) in [6, 6.07) is 9.09. The number of aromatic nitrogens is 2. The van der Waals surface area contributed by atoms with Crippen molar-refractivity contribution >= 4 is 27.3 Å². The number of benzene rings is 1. The third kappa shape index (κ3) is 3.36. The molecule has 0 amide bonds. The van der Waals surface area contributed by atoms with E-state index in [-0.39, 0.29) is 23.3 Å². The fourth-order valence-electron chi connectivity index (χ4n) is 3.92. The number of thiophene rings is 1. The Hall–Kier alpha value is -2.27. The van der Waals surface area contributed by atoms with Crippen molar-refractivity contribution in [2.24, 2.45) is 11.3 Å². The Labute approximate surface area is 162 Å². The normalized spacial score (nSPS) is 17.1. The van der Waals surface area contributed by atoms with Crippen LogP contribution in [0.25, 0.3) is 10.2 Å². The average molecular weight is 381 g/mol. The molecule has 1 aliphatic rings. The van der Waals surface area contributed by atoms with Crippen molar-refractivity contribution in [3.05, 3.63) is 63.0 Å². The van der Waals surface area contributed by atoms with Crippen molar-refractivity contribution in [2.45, 2.75) is 46.6 Å². The second kappa shape index (κ2) is 6.71. The van der Waals surface area contributed by atoms with Crippen molar-refractivity contribution in [1.29, 1.82) is 0 Å². The van der Waals surface area contributed by atoms with Gasteiger partial charge in [-0.3, -0.25) is 14.2 Å². The smallest absolute Gasteiger partial charge is 0.262 e. The van der Waals surface area contributed by atoms with E-state index in [1.165, 1.54) is 15.8 Å². The topological polar surface area (TPSA) is 52.0 Å². The van der Waals surface area contributed by atoms with Gasteiger partial charge < -0.3 is 0 Å². The van der Waals surface area contributed by atoms with Crippen molar-refractivity contribution in [3.63, 3.8) is 0 Å². The van der Waals surface area contributed by atoms with Gasteiger partial charge in [0.25, 0.3) is 5.56 Å². The zero-order valence-electron chi connectivity index (χ0n) is 16.0. The number of Topliss-reactive ketones (excluding diaryl/α,β-unsaturated/α-hetero) is 1. The standard InChI is InChI=1S/C22H24N2O2S/c1-22(2,3)15-9-10-16-18(11-15)27-20-19(16)21(26)24(13-23-20)12-17(25)14-7-5-4-6-8-14/h4-8,13,15H,9-12H2,1-3H3. The third-order valence-electron chi connectivity index (χ3n) is 5.67. The van der Waals surface area contributed by atoms with Gasteiger partial charge in [0.2, 0.25) is 0 Å². The number of nitrogens with zero attached hydrogens (tertiary/aromatic N) is 2. The molecule has 140 valence electrons. The maximum absolute atomic E-state index is 13.1. The van der Waals surface area contributed by atoms with E-state index in [2.05, 4.69) is 25.8 Å². The van der Waals surface area contributed by atoms with Crippen molar-refractivity contribution in [3.8, 4) is 0 Å². The van der Waals surface area contributed by atoms with Gasteiger partial charge in [-0.2, -0.15) is 0 Å². The van der Waals surface area contributed by atoms with E-state index in [1.54, 1.807) is 23.5 Å². The van der Waals surface area contributed by atoms with Crippen molar-refractivity contribution in [2.75, 3.05) is 0 Å². The summed E-state index contributed by atoms with van der Waals surface area (Å²) in [5.74, 6) is 0.552. The molecule has 1 aliphatic carbocycles. The largest absolute Gasteiger partial charge is 0.292 e. The molecule has 3 aromatic rings. The number of ketones is 1. The molecule has 2 heterocycles. The Morgan fingerprint density at radius 1 is 1.26 bits per heavy atom. The van der Waals surface area contributed by atoms with Gasteiger partial charge in [0, 0.05) is 10.4 Å². The van der Waals surface area contributed by atoms with Crippen LogP contribution in [0.5, 0.6) is 0 Å². The second-order valence-corrected chi connectivity index (χ2v) is 9.54. The quantitative estimate of drug-likeness (QED) is 0.629. The summed E-state index contributed by atoms with van der Waals surface area (Å²) in [5.41, 5.74) is 1.96. The van der Waals surface area contributed by atoms with E-state index in [9.17, 15) is 9.59 Å². The van der Waals surface area contributed by atoms with Crippen LogP contribution in [0.15, 0.2) is 41.5 Å². The Kier molecular flexibility index (Phi) is 4.50. The predicted molar refractivity (Wildman–Crippen MR) is 110 cm³/mol. The van der Waals surface area contributed by atoms with E-state index in [1.807, 2.05) is 18.2 Å². The van der Waals surface area contributed by atoms with Gasteiger partial charge >= 0.3 is 0 Å². The first kappa shape index (κ1) is 18.1. The highest BCUT2D eigenvalue weighted by Crippen LogP contribution is 2.41. The molecule has 0 saturated heterocycles. The van der Waals surface area contributed by atoms with Gasteiger partial charge in [-0.05, 0) is 36.2 Å². The van der Waals surface area contributed by atoms with Crippen LogP contribution in [-0.4, -0.2) is 15.3 Å².